The smallest absolute Gasteiger partial charge is 0.407 e. The van der Waals surface area contributed by atoms with Crippen LogP contribution >= 0.6 is 11.8 Å². The molecule has 35 heavy (non-hydrogen) atoms. The Bertz CT molecular complexity index is 923. The van der Waals surface area contributed by atoms with Crippen molar-refractivity contribution in [2.24, 2.45) is 5.92 Å². The fourth-order valence-corrected chi connectivity index (χ4v) is 4.48. The average Bonchev–Trinajstić information content (AvgIpc) is 3.36. The quantitative estimate of drug-likeness (QED) is 0.317. The van der Waals surface area contributed by atoms with Crippen molar-refractivity contribution in [2.75, 3.05) is 12.3 Å². The molecule has 1 aromatic carbocycles. The molecule has 8 heteroatoms. The van der Waals surface area contributed by atoms with Crippen LogP contribution in [0.25, 0.3) is 0 Å². The van der Waals surface area contributed by atoms with E-state index in [-0.39, 0.29) is 24.5 Å². The van der Waals surface area contributed by atoms with Crippen molar-refractivity contribution < 1.29 is 18.7 Å². The van der Waals surface area contributed by atoms with E-state index in [1.165, 1.54) is 0 Å². The summed E-state index contributed by atoms with van der Waals surface area (Å²) in [4.78, 5) is 25.3. The molecule has 0 aliphatic carbocycles. The van der Waals surface area contributed by atoms with E-state index in [4.69, 9.17) is 14.4 Å². The molecule has 190 valence electrons. The van der Waals surface area contributed by atoms with Gasteiger partial charge >= 0.3 is 6.09 Å². The highest BCUT2D eigenvalue weighted by Crippen LogP contribution is 2.15. The summed E-state index contributed by atoms with van der Waals surface area (Å²) in [6.45, 7) is 6.93. The van der Waals surface area contributed by atoms with Crippen molar-refractivity contribution in [2.45, 2.75) is 70.9 Å². The van der Waals surface area contributed by atoms with Gasteiger partial charge < -0.3 is 19.8 Å². The zero-order valence-electron chi connectivity index (χ0n) is 20.9. The van der Waals surface area contributed by atoms with Crippen LogP contribution in [-0.2, 0) is 21.9 Å². The summed E-state index contributed by atoms with van der Waals surface area (Å²) >= 11 is 1.55. The molecule has 0 spiro atoms. The van der Waals surface area contributed by atoms with E-state index in [1.54, 1.807) is 42.3 Å². The molecule has 2 atom stereocenters. The highest BCUT2D eigenvalue weighted by Gasteiger charge is 2.21. The zero-order chi connectivity index (χ0) is 25.5. The minimum atomic E-state index is -0.493. The van der Waals surface area contributed by atoms with Gasteiger partial charge in [0.05, 0.1) is 35.4 Å². The third-order valence-corrected chi connectivity index (χ3v) is 6.42. The number of carbonyl (C=O) groups is 2. The predicted octanol–water partition coefficient (Wildman–Crippen LogP) is 5.44. The molecule has 0 saturated heterocycles. The van der Waals surface area contributed by atoms with Crippen LogP contribution in [0, 0.1) is 17.2 Å². The normalized spacial score (nSPS) is 12.7. The molecule has 2 N–H and O–H groups in total. The maximum Gasteiger partial charge on any atom is 0.407 e. The monoisotopic (exact) mass is 499 g/mol. The molecular weight excluding hydrogens is 462 g/mol. The van der Waals surface area contributed by atoms with Crippen LogP contribution in [0.15, 0.2) is 47.1 Å². The van der Waals surface area contributed by atoms with Gasteiger partial charge in [-0.05, 0) is 48.6 Å². The van der Waals surface area contributed by atoms with Crippen LogP contribution in [-0.4, -0.2) is 36.3 Å². The second-order valence-electron chi connectivity index (χ2n) is 9.00. The van der Waals surface area contributed by atoms with Gasteiger partial charge in [-0.15, -0.1) is 11.8 Å². The summed E-state index contributed by atoms with van der Waals surface area (Å²) in [6, 6.07) is 12.4. The van der Waals surface area contributed by atoms with Gasteiger partial charge in [-0.2, -0.15) is 5.26 Å². The Morgan fingerprint density at radius 2 is 1.97 bits per heavy atom. The SMILES string of the molecule is CCCCC(NCC(CC(C)C)NC(=O)OCc1ccc(C#N)cc1)C(=O)CSCc1ccco1. The van der Waals surface area contributed by atoms with Crippen LogP contribution in [0.5, 0.6) is 0 Å². The van der Waals surface area contributed by atoms with E-state index < -0.39 is 6.09 Å². The van der Waals surface area contributed by atoms with Crippen molar-refractivity contribution >= 4 is 23.6 Å². The number of amides is 1. The van der Waals surface area contributed by atoms with Crippen LogP contribution in [0.3, 0.4) is 0 Å². The zero-order valence-corrected chi connectivity index (χ0v) is 21.7. The van der Waals surface area contributed by atoms with Gasteiger partial charge in [-0.3, -0.25) is 4.79 Å². The second-order valence-corrected chi connectivity index (χ2v) is 9.98. The number of nitriles is 1. The first-order valence-electron chi connectivity index (χ1n) is 12.2. The number of nitrogens with one attached hydrogen (secondary N) is 2. The van der Waals surface area contributed by atoms with E-state index in [0.29, 0.717) is 29.5 Å². The largest absolute Gasteiger partial charge is 0.468 e. The Kier molecular flexibility index (Phi) is 13.0. The minimum absolute atomic E-state index is 0.129. The van der Waals surface area contributed by atoms with Crippen molar-refractivity contribution in [3.63, 3.8) is 0 Å². The van der Waals surface area contributed by atoms with E-state index >= 15 is 0 Å². The molecule has 0 bridgehead atoms. The second kappa shape index (κ2) is 16.0. The maximum absolute atomic E-state index is 12.9. The molecule has 2 rings (SSSR count). The number of hydrogen-bond acceptors (Lipinski definition) is 7. The molecule has 2 unspecified atom stereocenters. The van der Waals surface area contributed by atoms with Gasteiger partial charge in [0.2, 0.25) is 0 Å². The molecule has 1 heterocycles. The molecule has 7 nitrogen and oxygen atoms in total. The maximum atomic E-state index is 12.9. The van der Waals surface area contributed by atoms with Crippen molar-refractivity contribution in [1.29, 1.82) is 5.26 Å². The first-order chi connectivity index (χ1) is 16.9. The lowest BCUT2D eigenvalue weighted by molar-refractivity contribution is -0.118. The van der Waals surface area contributed by atoms with Gasteiger partial charge in [0.1, 0.15) is 12.4 Å². The van der Waals surface area contributed by atoms with Crippen LogP contribution in [0.1, 0.15) is 63.3 Å². The Balaban J connectivity index is 1.85. The van der Waals surface area contributed by atoms with Gasteiger partial charge in [0, 0.05) is 12.6 Å². The van der Waals surface area contributed by atoms with E-state index in [2.05, 4.69) is 37.5 Å². The number of alkyl carbamates (subject to hydrolysis) is 1. The Labute approximate surface area is 213 Å². The van der Waals surface area contributed by atoms with Gasteiger partial charge in [-0.25, -0.2) is 4.79 Å². The number of rotatable bonds is 16. The molecule has 0 aliphatic rings. The summed E-state index contributed by atoms with van der Waals surface area (Å²) in [5.74, 6) is 2.48. The number of ketones is 1. The summed E-state index contributed by atoms with van der Waals surface area (Å²) in [5.41, 5.74) is 1.38. The number of Topliss-reactive ketones (excluding diaryl/α,β-unsaturated/α-hetero) is 1. The lowest BCUT2D eigenvalue weighted by Gasteiger charge is -2.24. The number of furan rings is 1. The first-order valence-corrected chi connectivity index (χ1v) is 13.3. The van der Waals surface area contributed by atoms with Gasteiger partial charge in [0.15, 0.2) is 5.78 Å². The molecule has 0 saturated carbocycles. The van der Waals surface area contributed by atoms with Crippen molar-refractivity contribution in [3.05, 3.63) is 59.5 Å². The number of benzene rings is 1. The van der Waals surface area contributed by atoms with Crippen molar-refractivity contribution in [1.82, 2.24) is 10.6 Å². The third kappa shape index (κ3) is 11.5. The standard InChI is InChI=1S/C27H37N3O4S/c1-4-5-8-25(26(31)19-35-18-24-7-6-13-33-24)29-16-23(14-20(2)3)30-27(32)34-17-22-11-9-21(15-28)10-12-22/h6-7,9-13,20,23,25,29H,4-5,8,14,16-19H2,1-3H3,(H,30,32). The van der Waals surface area contributed by atoms with Crippen LogP contribution in [0.2, 0.25) is 0 Å². The lowest BCUT2D eigenvalue weighted by Crippen LogP contribution is -2.48. The topological polar surface area (TPSA) is 104 Å². The summed E-state index contributed by atoms with van der Waals surface area (Å²) in [5, 5.41) is 15.2. The number of thioether (sulfide) groups is 1. The fraction of sp³-hybridized carbons (Fsp3) is 0.519. The minimum Gasteiger partial charge on any atom is -0.468 e. The van der Waals surface area contributed by atoms with Gasteiger partial charge in [0.25, 0.3) is 0 Å². The van der Waals surface area contributed by atoms with E-state index in [9.17, 15) is 9.59 Å². The Morgan fingerprint density at radius 1 is 1.20 bits per heavy atom. The molecule has 0 aliphatic heterocycles. The molecule has 0 radical (unpaired) electrons. The third-order valence-electron chi connectivity index (χ3n) is 5.45. The number of hydrogen-bond donors (Lipinski definition) is 2. The number of nitrogens with zero attached hydrogens (tertiary/aromatic N) is 1. The molecule has 1 aromatic heterocycles. The number of ether oxygens (including phenoxy) is 1. The highest BCUT2D eigenvalue weighted by molar-refractivity contribution is 7.99. The Morgan fingerprint density at radius 3 is 2.60 bits per heavy atom. The van der Waals surface area contributed by atoms with Crippen LogP contribution in [0.4, 0.5) is 4.79 Å². The highest BCUT2D eigenvalue weighted by atomic mass is 32.2. The van der Waals surface area contributed by atoms with Gasteiger partial charge in [-0.1, -0.05) is 45.7 Å². The summed E-state index contributed by atoms with van der Waals surface area (Å²) in [7, 11) is 0. The molecular formula is C27H37N3O4S. The molecule has 1 amide bonds. The predicted molar refractivity (Wildman–Crippen MR) is 139 cm³/mol. The average molecular weight is 500 g/mol. The Hall–Kier alpha value is -2.76. The van der Waals surface area contributed by atoms with E-state index in [0.717, 1.165) is 37.0 Å². The fourth-order valence-electron chi connectivity index (χ4n) is 3.61. The van der Waals surface area contributed by atoms with Crippen LogP contribution < -0.4 is 10.6 Å². The molecule has 2 aromatic rings. The summed E-state index contributed by atoms with van der Waals surface area (Å²) in [6.07, 6.45) is 4.66. The lowest BCUT2D eigenvalue weighted by atomic mass is 10.0. The van der Waals surface area contributed by atoms with E-state index in [1.807, 2.05) is 12.1 Å². The number of unbranched alkanes of at least 4 members (excludes halogenated alkanes) is 1. The first kappa shape index (κ1) is 28.5. The molecule has 0 fully saturated rings. The summed E-state index contributed by atoms with van der Waals surface area (Å²) < 4.78 is 10.7. The van der Waals surface area contributed by atoms with Crippen molar-refractivity contribution in [3.8, 4) is 6.07 Å². The number of carbonyl (C=O) groups excluding carboxylic acids is 2.